The Kier molecular flexibility index (Phi) is 3.11. The maximum atomic E-state index is 12.3. The number of para-hydroxylation sites is 1. The van der Waals surface area contributed by atoms with Crippen molar-refractivity contribution in [3.63, 3.8) is 0 Å². The number of halogens is 1. The van der Waals surface area contributed by atoms with Crippen LogP contribution in [-0.2, 0) is 10.0 Å². The molecule has 0 atom stereocenters. The number of nitrogens with one attached hydrogen (secondary N) is 2. The summed E-state index contributed by atoms with van der Waals surface area (Å²) in [5, 5.41) is 7.61. The van der Waals surface area contributed by atoms with E-state index in [1.165, 1.54) is 12.1 Å². The third-order valence-electron chi connectivity index (χ3n) is 2.83. The Balaban J connectivity index is 2.04. The second-order valence-corrected chi connectivity index (χ2v) is 6.21. The first kappa shape index (κ1) is 13.0. The maximum Gasteiger partial charge on any atom is 0.264 e. The number of aromatic nitrogens is 2. The standard InChI is InChI=1S/C13H10ClN3O2S/c14-10-6-2-4-8-12(10)20(18,19)17-13-9-5-1-3-7-11(9)15-16-13/h1-8H,(H2,15,16,17). The van der Waals surface area contributed by atoms with E-state index >= 15 is 0 Å². The van der Waals surface area contributed by atoms with Gasteiger partial charge in [-0.2, -0.15) is 5.10 Å². The number of H-pyrrole nitrogens is 1. The van der Waals surface area contributed by atoms with Gasteiger partial charge >= 0.3 is 0 Å². The van der Waals surface area contributed by atoms with Crippen molar-refractivity contribution in [1.29, 1.82) is 0 Å². The van der Waals surface area contributed by atoms with Crippen molar-refractivity contribution in [3.05, 3.63) is 53.6 Å². The fraction of sp³-hybridized carbons (Fsp3) is 0. The highest BCUT2D eigenvalue weighted by Gasteiger charge is 2.19. The van der Waals surface area contributed by atoms with E-state index in [2.05, 4.69) is 14.9 Å². The van der Waals surface area contributed by atoms with Gasteiger partial charge in [-0.1, -0.05) is 35.9 Å². The summed E-state index contributed by atoms with van der Waals surface area (Å²) in [7, 11) is -3.77. The molecular weight excluding hydrogens is 298 g/mol. The topological polar surface area (TPSA) is 74.8 Å². The van der Waals surface area contributed by atoms with Gasteiger partial charge in [-0.05, 0) is 24.3 Å². The van der Waals surface area contributed by atoms with Crippen LogP contribution < -0.4 is 4.72 Å². The normalized spacial score (nSPS) is 11.7. The SMILES string of the molecule is O=S(=O)(Nc1n[nH]c2ccccc12)c1ccccc1Cl. The first-order valence-electron chi connectivity index (χ1n) is 5.78. The van der Waals surface area contributed by atoms with E-state index in [1.807, 2.05) is 18.2 Å². The van der Waals surface area contributed by atoms with Crippen molar-refractivity contribution < 1.29 is 8.42 Å². The summed E-state index contributed by atoms with van der Waals surface area (Å²) in [6, 6.07) is 13.5. The van der Waals surface area contributed by atoms with E-state index in [-0.39, 0.29) is 15.7 Å². The van der Waals surface area contributed by atoms with Crippen molar-refractivity contribution in [1.82, 2.24) is 10.2 Å². The highest BCUT2D eigenvalue weighted by molar-refractivity contribution is 7.92. The second-order valence-electron chi connectivity index (χ2n) is 4.15. The molecule has 0 amide bonds. The van der Waals surface area contributed by atoms with Crippen LogP contribution in [0, 0.1) is 0 Å². The zero-order valence-electron chi connectivity index (χ0n) is 10.2. The van der Waals surface area contributed by atoms with Gasteiger partial charge in [0.2, 0.25) is 0 Å². The van der Waals surface area contributed by atoms with Gasteiger partial charge < -0.3 is 0 Å². The predicted octanol–water partition coefficient (Wildman–Crippen LogP) is 3.02. The van der Waals surface area contributed by atoms with E-state index in [1.54, 1.807) is 18.2 Å². The molecule has 0 spiro atoms. The molecule has 0 radical (unpaired) electrons. The van der Waals surface area contributed by atoms with Crippen LogP contribution in [-0.4, -0.2) is 18.6 Å². The third kappa shape index (κ3) is 2.23. The van der Waals surface area contributed by atoms with Crippen LogP contribution in [0.25, 0.3) is 10.9 Å². The number of benzene rings is 2. The lowest BCUT2D eigenvalue weighted by Crippen LogP contribution is -2.13. The van der Waals surface area contributed by atoms with Gasteiger partial charge in [0, 0.05) is 5.39 Å². The Hall–Kier alpha value is -2.05. The highest BCUT2D eigenvalue weighted by atomic mass is 35.5. The molecule has 20 heavy (non-hydrogen) atoms. The average Bonchev–Trinajstić information content (AvgIpc) is 2.82. The Bertz CT molecular complexity index is 874. The minimum absolute atomic E-state index is 0.0220. The molecule has 0 aliphatic carbocycles. The monoisotopic (exact) mass is 307 g/mol. The molecule has 7 heteroatoms. The Morgan fingerprint density at radius 1 is 1.05 bits per heavy atom. The molecule has 0 fully saturated rings. The third-order valence-corrected chi connectivity index (χ3v) is 4.67. The lowest BCUT2D eigenvalue weighted by atomic mass is 10.2. The number of aromatic amines is 1. The lowest BCUT2D eigenvalue weighted by Gasteiger charge is -2.07. The summed E-state index contributed by atoms with van der Waals surface area (Å²) in [4.78, 5) is 0.0220. The number of hydrogen-bond acceptors (Lipinski definition) is 3. The van der Waals surface area contributed by atoms with Gasteiger partial charge in [-0.25, -0.2) is 8.42 Å². The maximum absolute atomic E-state index is 12.3. The van der Waals surface area contributed by atoms with Crippen molar-refractivity contribution in [3.8, 4) is 0 Å². The van der Waals surface area contributed by atoms with Gasteiger partial charge in [-0.3, -0.25) is 9.82 Å². The fourth-order valence-electron chi connectivity index (χ4n) is 1.89. The number of hydrogen-bond donors (Lipinski definition) is 2. The second kappa shape index (κ2) is 4.81. The largest absolute Gasteiger partial charge is 0.276 e. The number of nitrogens with zero attached hydrogens (tertiary/aromatic N) is 1. The molecule has 0 saturated carbocycles. The highest BCUT2D eigenvalue weighted by Crippen LogP contribution is 2.26. The van der Waals surface area contributed by atoms with Crippen molar-refractivity contribution in [2.24, 2.45) is 0 Å². The molecule has 3 rings (SSSR count). The van der Waals surface area contributed by atoms with Gasteiger partial charge in [0.15, 0.2) is 5.82 Å². The molecule has 0 bridgehead atoms. The molecule has 5 nitrogen and oxygen atoms in total. The van der Waals surface area contributed by atoms with Gasteiger partial charge in [0.05, 0.1) is 10.5 Å². The Morgan fingerprint density at radius 3 is 2.55 bits per heavy atom. The van der Waals surface area contributed by atoms with Crippen molar-refractivity contribution >= 4 is 38.3 Å². The zero-order chi connectivity index (χ0) is 14.2. The summed E-state index contributed by atoms with van der Waals surface area (Å²) >= 11 is 5.92. The minimum Gasteiger partial charge on any atom is -0.276 e. The summed E-state index contributed by atoms with van der Waals surface area (Å²) in [5.41, 5.74) is 0.754. The van der Waals surface area contributed by atoms with E-state index in [0.717, 1.165) is 5.52 Å². The van der Waals surface area contributed by atoms with Gasteiger partial charge in [0.25, 0.3) is 10.0 Å². The molecule has 1 aromatic heterocycles. The van der Waals surface area contributed by atoms with Crippen LogP contribution in [0.3, 0.4) is 0 Å². The summed E-state index contributed by atoms with van der Waals surface area (Å²) in [6.45, 7) is 0. The number of sulfonamides is 1. The Labute approximate surface area is 120 Å². The molecule has 102 valence electrons. The molecule has 3 aromatic rings. The van der Waals surface area contributed by atoms with Gasteiger partial charge in [-0.15, -0.1) is 0 Å². The fourth-order valence-corrected chi connectivity index (χ4v) is 3.43. The molecule has 0 unspecified atom stereocenters. The number of rotatable bonds is 3. The summed E-state index contributed by atoms with van der Waals surface area (Å²) in [6.07, 6.45) is 0. The lowest BCUT2D eigenvalue weighted by molar-refractivity contribution is 0.601. The molecular formula is C13H10ClN3O2S. The molecule has 1 heterocycles. The average molecular weight is 308 g/mol. The Morgan fingerprint density at radius 2 is 1.75 bits per heavy atom. The number of fused-ring (bicyclic) bond motifs is 1. The molecule has 0 saturated heterocycles. The van der Waals surface area contributed by atoms with Gasteiger partial charge in [0.1, 0.15) is 4.90 Å². The van der Waals surface area contributed by atoms with Crippen LogP contribution in [0.2, 0.25) is 5.02 Å². The summed E-state index contributed by atoms with van der Waals surface area (Å²) in [5.74, 6) is 0.250. The van der Waals surface area contributed by atoms with E-state index in [4.69, 9.17) is 11.6 Å². The number of anilines is 1. The quantitative estimate of drug-likeness (QED) is 0.781. The van der Waals surface area contributed by atoms with E-state index in [9.17, 15) is 8.42 Å². The van der Waals surface area contributed by atoms with Crippen LogP contribution in [0.15, 0.2) is 53.4 Å². The van der Waals surface area contributed by atoms with Crippen LogP contribution >= 0.6 is 11.6 Å². The molecule has 0 aliphatic rings. The van der Waals surface area contributed by atoms with E-state index < -0.39 is 10.0 Å². The van der Waals surface area contributed by atoms with Crippen molar-refractivity contribution in [2.45, 2.75) is 4.90 Å². The molecule has 2 aromatic carbocycles. The van der Waals surface area contributed by atoms with Crippen molar-refractivity contribution in [2.75, 3.05) is 4.72 Å². The first-order chi connectivity index (χ1) is 9.58. The van der Waals surface area contributed by atoms with E-state index in [0.29, 0.717) is 5.39 Å². The van der Waals surface area contributed by atoms with Crippen LogP contribution in [0.1, 0.15) is 0 Å². The minimum atomic E-state index is -3.77. The van der Waals surface area contributed by atoms with Crippen LogP contribution in [0.4, 0.5) is 5.82 Å². The molecule has 0 aliphatic heterocycles. The summed E-state index contributed by atoms with van der Waals surface area (Å²) < 4.78 is 27.1. The van der Waals surface area contributed by atoms with Crippen LogP contribution in [0.5, 0.6) is 0 Å². The smallest absolute Gasteiger partial charge is 0.264 e. The molecule has 2 N–H and O–H groups in total. The zero-order valence-corrected chi connectivity index (χ0v) is 11.7. The predicted molar refractivity (Wildman–Crippen MR) is 78.4 cm³/mol. The first-order valence-corrected chi connectivity index (χ1v) is 7.64.